The van der Waals surface area contributed by atoms with E-state index in [0.717, 1.165) is 31.2 Å². The molecule has 3 amide bonds. The fourth-order valence-electron chi connectivity index (χ4n) is 3.45. The maximum absolute atomic E-state index is 12.2. The number of ether oxygens (including phenoxy) is 1. The number of imide groups is 1. The summed E-state index contributed by atoms with van der Waals surface area (Å²) >= 11 is 0. The molecule has 1 heterocycles. The van der Waals surface area contributed by atoms with E-state index >= 15 is 0 Å². The number of benzene rings is 1. The lowest BCUT2D eigenvalue weighted by Crippen LogP contribution is -2.48. The first-order chi connectivity index (χ1) is 13.5. The number of hydrogen-bond donors (Lipinski definition) is 2. The standard InChI is InChI=1S/C19H25N5O4/c1-3-24-16-9-8-13(10-15(16)22-23-24)18(26)28-11-17(25)21-19(27)20-14-7-5-4-6-12(14)2/h8-10,12,14H,3-7,11H2,1-2H3,(H2,20,21,25,27)/t12-,14-/m0/s1. The van der Waals surface area contributed by atoms with E-state index < -0.39 is 24.5 Å². The van der Waals surface area contributed by atoms with Gasteiger partial charge in [0.2, 0.25) is 0 Å². The van der Waals surface area contributed by atoms with Gasteiger partial charge in [-0.1, -0.05) is 25.0 Å². The summed E-state index contributed by atoms with van der Waals surface area (Å²) in [5.41, 5.74) is 1.65. The number of nitrogens with one attached hydrogen (secondary N) is 2. The van der Waals surface area contributed by atoms with Crippen LogP contribution in [0, 0.1) is 5.92 Å². The number of aromatic nitrogens is 3. The molecule has 2 atom stereocenters. The van der Waals surface area contributed by atoms with E-state index in [4.69, 9.17) is 4.74 Å². The predicted molar refractivity (Wildman–Crippen MR) is 102 cm³/mol. The fourth-order valence-corrected chi connectivity index (χ4v) is 3.45. The highest BCUT2D eigenvalue weighted by atomic mass is 16.5. The number of urea groups is 1. The third kappa shape index (κ3) is 4.65. The Hall–Kier alpha value is -2.97. The second-order valence-electron chi connectivity index (χ2n) is 7.07. The molecule has 28 heavy (non-hydrogen) atoms. The minimum absolute atomic E-state index is 0.0624. The Labute approximate surface area is 162 Å². The molecule has 9 nitrogen and oxygen atoms in total. The molecule has 1 aliphatic rings. The zero-order valence-electron chi connectivity index (χ0n) is 16.1. The number of carbonyl (C=O) groups is 3. The van der Waals surface area contributed by atoms with Gasteiger partial charge in [-0.15, -0.1) is 5.10 Å². The summed E-state index contributed by atoms with van der Waals surface area (Å²) in [4.78, 5) is 36.0. The Kier molecular flexibility index (Phi) is 6.23. The topological polar surface area (TPSA) is 115 Å². The molecule has 150 valence electrons. The number of fused-ring (bicyclic) bond motifs is 1. The number of aryl methyl sites for hydroxylation is 1. The second-order valence-corrected chi connectivity index (χ2v) is 7.07. The van der Waals surface area contributed by atoms with Gasteiger partial charge in [0.05, 0.1) is 11.1 Å². The molecule has 0 saturated heterocycles. The number of carbonyl (C=O) groups excluding carboxylic acids is 3. The molecule has 0 spiro atoms. The first kappa shape index (κ1) is 19.8. The molecule has 0 aliphatic heterocycles. The minimum Gasteiger partial charge on any atom is -0.452 e. The number of hydrogen-bond acceptors (Lipinski definition) is 6. The first-order valence-corrected chi connectivity index (χ1v) is 9.58. The van der Waals surface area contributed by atoms with Crippen LogP contribution in [0.5, 0.6) is 0 Å². The first-order valence-electron chi connectivity index (χ1n) is 9.58. The average Bonchev–Trinajstić information content (AvgIpc) is 3.10. The maximum Gasteiger partial charge on any atom is 0.338 e. The van der Waals surface area contributed by atoms with Crippen LogP contribution in [-0.4, -0.2) is 45.6 Å². The summed E-state index contributed by atoms with van der Waals surface area (Å²) in [5.74, 6) is -0.954. The normalized spacial score (nSPS) is 19.2. The molecule has 2 N–H and O–H groups in total. The fraction of sp³-hybridized carbons (Fsp3) is 0.526. The summed E-state index contributed by atoms with van der Waals surface area (Å²) in [7, 11) is 0. The maximum atomic E-state index is 12.2. The van der Waals surface area contributed by atoms with Crippen LogP contribution < -0.4 is 10.6 Å². The highest BCUT2D eigenvalue weighted by molar-refractivity contribution is 5.98. The van der Waals surface area contributed by atoms with Gasteiger partial charge in [0.15, 0.2) is 6.61 Å². The van der Waals surface area contributed by atoms with Crippen LogP contribution in [0.3, 0.4) is 0 Å². The van der Waals surface area contributed by atoms with E-state index in [-0.39, 0.29) is 11.6 Å². The van der Waals surface area contributed by atoms with Gasteiger partial charge < -0.3 is 10.1 Å². The van der Waals surface area contributed by atoms with E-state index in [9.17, 15) is 14.4 Å². The third-order valence-electron chi connectivity index (χ3n) is 5.06. The largest absolute Gasteiger partial charge is 0.452 e. The summed E-state index contributed by atoms with van der Waals surface area (Å²) in [6.07, 6.45) is 4.20. The second kappa shape index (κ2) is 8.81. The van der Waals surface area contributed by atoms with Gasteiger partial charge in [0.1, 0.15) is 5.52 Å². The van der Waals surface area contributed by atoms with Crippen LogP contribution in [0.4, 0.5) is 4.79 Å². The summed E-state index contributed by atoms with van der Waals surface area (Å²) in [6, 6.07) is 4.39. The van der Waals surface area contributed by atoms with Crippen LogP contribution in [0.2, 0.25) is 0 Å². The van der Waals surface area contributed by atoms with Crippen LogP contribution in [0.1, 0.15) is 49.9 Å². The predicted octanol–water partition coefficient (Wildman–Crippen LogP) is 2.01. The molecule has 3 rings (SSSR count). The number of nitrogens with zero attached hydrogens (tertiary/aromatic N) is 3. The van der Waals surface area contributed by atoms with Crippen LogP contribution in [0.15, 0.2) is 18.2 Å². The minimum atomic E-state index is -0.674. The van der Waals surface area contributed by atoms with Crippen molar-refractivity contribution in [3.8, 4) is 0 Å². The van der Waals surface area contributed by atoms with E-state index in [2.05, 4.69) is 27.9 Å². The van der Waals surface area contributed by atoms with E-state index in [1.54, 1.807) is 22.9 Å². The number of esters is 1. The lowest BCUT2D eigenvalue weighted by Gasteiger charge is -2.29. The Morgan fingerprint density at radius 3 is 2.79 bits per heavy atom. The molecular formula is C19H25N5O4. The van der Waals surface area contributed by atoms with Crippen molar-refractivity contribution < 1.29 is 19.1 Å². The van der Waals surface area contributed by atoms with Crippen molar-refractivity contribution in [1.82, 2.24) is 25.6 Å². The molecule has 1 fully saturated rings. The Morgan fingerprint density at radius 1 is 1.25 bits per heavy atom. The highest BCUT2D eigenvalue weighted by Gasteiger charge is 2.23. The molecule has 1 aromatic heterocycles. The SMILES string of the molecule is CCn1nnc2cc(C(=O)OCC(=O)NC(=O)N[C@H]3CCCC[C@@H]3C)ccc21. The molecular weight excluding hydrogens is 362 g/mol. The zero-order chi connectivity index (χ0) is 20.1. The Balaban J connectivity index is 1.48. The van der Waals surface area contributed by atoms with Crippen molar-refractivity contribution >= 4 is 28.9 Å². The van der Waals surface area contributed by atoms with E-state index in [1.165, 1.54) is 0 Å². The van der Waals surface area contributed by atoms with Gasteiger partial charge in [-0.05, 0) is 43.9 Å². The molecule has 1 saturated carbocycles. The molecule has 0 bridgehead atoms. The van der Waals surface area contributed by atoms with Gasteiger partial charge in [-0.3, -0.25) is 10.1 Å². The lowest BCUT2D eigenvalue weighted by molar-refractivity contribution is -0.123. The van der Waals surface area contributed by atoms with Crippen molar-refractivity contribution in [1.29, 1.82) is 0 Å². The van der Waals surface area contributed by atoms with E-state index in [0.29, 0.717) is 18.0 Å². The average molecular weight is 387 g/mol. The third-order valence-corrected chi connectivity index (χ3v) is 5.06. The monoisotopic (exact) mass is 387 g/mol. The van der Waals surface area contributed by atoms with Gasteiger partial charge in [-0.25, -0.2) is 14.3 Å². The van der Waals surface area contributed by atoms with Crippen LogP contribution in [0.25, 0.3) is 11.0 Å². The van der Waals surface area contributed by atoms with Crippen molar-refractivity contribution in [2.24, 2.45) is 5.92 Å². The van der Waals surface area contributed by atoms with Crippen molar-refractivity contribution in [3.63, 3.8) is 0 Å². The molecule has 9 heteroatoms. The van der Waals surface area contributed by atoms with Crippen LogP contribution >= 0.6 is 0 Å². The Bertz CT molecular complexity index is 878. The van der Waals surface area contributed by atoms with Gasteiger partial charge >= 0.3 is 12.0 Å². The quantitative estimate of drug-likeness (QED) is 0.759. The highest BCUT2D eigenvalue weighted by Crippen LogP contribution is 2.23. The number of rotatable bonds is 5. The molecule has 1 aromatic carbocycles. The summed E-state index contributed by atoms with van der Waals surface area (Å²) < 4.78 is 6.71. The Morgan fingerprint density at radius 2 is 2.04 bits per heavy atom. The summed E-state index contributed by atoms with van der Waals surface area (Å²) in [5, 5.41) is 13.0. The number of amides is 3. The van der Waals surface area contributed by atoms with Crippen molar-refractivity contribution in [3.05, 3.63) is 23.8 Å². The smallest absolute Gasteiger partial charge is 0.338 e. The van der Waals surface area contributed by atoms with Gasteiger partial charge in [-0.2, -0.15) is 0 Å². The van der Waals surface area contributed by atoms with Crippen LogP contribution in [-0.2, 0) is 16.1 Å². The zero-order valence-corrected chi connectivity index (χ0v) is 16.1. The van der Waals surface area contributed by atoms with Gasteiger partial charge in [0.25, 0.3) is 5.91 Å². The molecule has 2 aromatic rings. The van der Waals surface area contributed by atoms with Crippen molar-refractivity contribution in [2.45, 2.75) is 52.1 Å². The molecule has 0 unspecified atom stereocenters. The molecule has 0 radical (unpaired) electrons. The molecule has 1 aliphatic carbocycles. The van der Waals surface area contributed by atoms with Gasteiger partial charge in [0, 0.05) is 12.6 Å². The van der Waals surface area contributed by atoms with Crippen molar-refractivity contribution in [2.75, 3.05) is 6.61 Å². The lowest BCUT2D eigenvalue weighted by atomic mass is 9.86. The summed E-state index contributed by atoms with van der Waals surface area (Å²) in [6.45, 7) is 4.16. The van der Waals surface area contributed by atoms with E-state index in [1.807, 2.05) is 6.92 Å².